The van der Waals surface area contributed by atoms with Crippen LogP contribution in [0.25, 0.3) is 0 Å². The van der Waals surface area contributed by atoms with Gasteiger partial charge < -0.3 is 15.1 Å². The molecule has 0 bridgehead atoms. The molecule has 0 aromatic heterocycles. The van der Waals surface area contributed by atoms with E-state index in [-0.39, 0.29) is 17.0 Å². The van der Waals surface area contributed by atoms with Gasteiger partial charge in [0.2, 0.25) is 0 Å². The van der Waals surface area contributed by atoms with Gasteiger partial charge in [-0.1, -0.05) is 6.92 Å². The number of nitrogens with zero attached hydrogens (tertiary/aromatic N) is 1. The van der Waals surface area contributed by atoms with E-state index in [1.807, 2.05) is 0 Å². The third-order valence-corrected chi connectivity index (χ3v) is 4.40. The summed E-state index contributed by atoms with van der Waals surface area (Å²) in [6.45, 7) is 3.75. The van der Waals surface area contributed by atoms with Gasteiger partial charge in [-0.15, -0.1) is 0 Å². The van der Waals surface area contributed by atoms with Gasteiger partial charge in [-0.05, 0) is 37.6 Å². The van der Waals surface area contributed by atoms with Crippen LogP contribution in [0, 0.1) is 0 Å². The molecule has 0 fully saturated rings. The number of aliphatic carboxylic acids is 2. The fraction of sp³-hybridized carbons (Fsp3) is 0.333. The quantitative estimate of drug-likeness (QED) is 0.441. The number of benzene rings is 1. The molecule has 7 nitrogen and oxygen atoms in total. The van der Waals surface area contributed by atoms with Crippen molar-refractivity contribution in [2.45, 2.75) is 25.2 Å². The van der Waals surface area contributed by atoms with E-state index >= 15 is 0 Å². The van der Waals surface area contributed by atoms with Crippen molar-refractivity contribution >= 4 is 27.5 Å². The second kappa shape index (κ2) is 7.28. The first-order valence-electron chi connectivity index (χ1n) is 6.90. The topological polar surface area (TPSA) is 112 Å². The molecule has 0 aliphatic heterocycles. The number of hydrogen-bond donors (Lipinski definition) is 2. The highest BCUT2D eigenvalue weighted by Crippen LogP contribution is 2.25. The Morgan fingerprint density at radius 3 is 1.83 bits per heavy atom. The van der Waals surface area contributed by atoms with Crippen molar-refractivity contribution in [1.82, 2.24) is 0 Å². The van der Waals surface area contributed by atoms with Crippen molar-refractivity contribution in [2.75, 3.05) is 17.7 Å². The molecule has 1 aromatic rings. The van der Waals surface area contributed by atoms with Crippen LogP contribution in [-0.4, -0.2) is 43.4 Å². The molecule has 0 amide bonds. The van der Waals surface area contributed by atoms with E-state index in [9.17, 15) is 18.0 Å². The minimum atomic E-state index is -3.34. The van der Waals surface area contributed by atoms with Gasteiger partial charge in [-0.25, -0.2) is 18.0 Å². The van der Waals surface area contributed by atoms with Gasteiger partial charge in [0.1, 0.15) is 0 Å². The first kappa shape index (κ1) is 18.7. The average Bonchev–Trinajstić information content (AvgIpc) is 2.45. The van der Waals surface area contributed by atoms with Gasteiger partial charge >= 0.3 is 11.9 Å². The number of rotatable bonds is 7. The maximum Gasteiger partial charge on any atom is 0.344 e. The Labute approximate surface area is 134 Å². The van der Waals surface area contributed by atoms with Crippen LogP contribution in [0.4, 0.5) is 5.69 Å². The highest BCUT2D eigenvalue weighted by Gasteiger charge is 2.25. The van der Waals surface area contributed by atoms with Gasteiger partial charge in [0.05, 0.1) is 4.90 Å². The van der Waals surface area contributed by atoms with Crippen LogP contribution in [0.2, 0.25) is 0 Å². The van der Waals surface area contributed by atoms with Crippen molar-refractivity contribution in [3.05, 3.63) is 35.5 Å². The first-order chi connectivity index (χ1) is 10.6. The Bertz CT molecular complexity index is 718. The first-order valence-corrected chi connectivity index (χ1v) is 8.80. The third-order valence-electron chi connectivity index (χ3n) is 3.27. The molecule has 0 atom stereocenters. The molecule has 126 valence electrons. The molecule has 0 saturated carbocycles. The predicted molar refractivity (Wildman–Crippen MR) is 85.2 cm³/mol. The van der Waals surface area contributed by atoms with Crippen LogP contribution in [0.5, 0.6) is 0 Å². The van der Waals surface area contributed by atoms with Crippen LogP contribution < -0.4 is 4.90 Å². The number of carbonyl (C=O) groups is 2. The van der Waals surface area contributed by atoms with E-state index in [1.54, 1.807) is 18.7 Å². The summed E-state index contributed by atoms with van der Waals surface area (Å²) in [6.07, 6.45) is 1.29. The third kappa shape index (κ3) is 4.32. The Balaban J connectivity index is 3.43. The largest absolute Gasteiger partial charge is 0.477 e. The van der Waals surface area contributed by atoms with Crippen LogP contribution in [0.3, 0.4) is 0 Å². The van der Waals surface area contributed by atoms with Crippen molar-refractivity contribution < 1.29 is 28.2 Å². The lowest BCUT2D eigenvalue weighted by Crippen LogP contribution is -2.27. The summed E-state index contributed by atoms with van der Waals surface area (Å²) in [4.78, 5) is 24.1. The zero-order valence-corrected chi connectivity index (χ0v) is 13.9. The SMILES string of the molecule is CCC(=C(C(=O)O)C(=O)O)N(CC)c1ccc(S(C)(=O)=O)cc1. The van der Waals surface area contributed by atoms with Gasteiger partial charge in [0.15, 0.2) is 15.4 Å². The highest BCUT2D eigenvalue weighted by atomic mass is 32.2. The zero-order chi connectivity index (χ0) is 17.8. The van der Waals surface area contributed by atoms with Crippen LogP contribution >= 0.6 is 0 Å². The molecule has 8 heteroatoms. The number of hydrogen-bond acceptors (Lipinski definition) is 5. The van der Waals surface area contributed by atoms with Crippen molar-refractivity contribution in [3.63, 3.8) is 0 Å². The highest BCUT2D eigenvalue weighted by molar-refractivity contribution is 7.90. The molecule has 0 heterocycles. The van der Waals surface area contributed by atoms with Crippen molar-refractivity contribution in [1.29, 1.82) is 0 Å². The zero-order valence-electron chi connectivity index (χ0n) is 13.1. The summed E-state index contributed by atoms with van der Waals surface area (Å²) in [5, 5.41) is 18.3. The van der Waals surface area contributed by atoms with Crippen LogP contribution in [0.1, 0.15) is 20.3 Å². The lowest BCUT2D eigenvalue weighted by atomic mass is 10.1. The van der Waals surface area contributed by atoms with E-state index in [1.165, 1.54) is 24.3 Å². The minimum Gasteiger partial charge on any atom is -0.477 e. The second-order valence-corrected chi connectivity index (χ2v) is 6.81. The smallest absolute Gasteiger partial charge is 0.344 e. The van der Waals surface area contributed by atoms with Crippen LogP contribution in [-0.2, 0) is 19.4 Å². The van der Waals surface area contributed by atoms with Crippen molar-refractivity contribution in [2.24, 2.45) is 0 Å². The van der Waals surface area contributed by atoms with Crippen molar-refractivity contribution in [3.8, 4) is 0 Å². The fourth-order valence-electron chi connectivity index (χ4n) is 2.24. The number of anilines is 1. The summed E-state index contributed by atoms with van der Waals surface area (Å²) in [6, 6.07) is 5.86. The van der Waals surface area contributed by atoms with Gasteiger partial charge in [0, 0.05) is 24.2 Å². The molecular formula is C15H19NO6S. The summed E-state index contributed by atoms with van der Waals surface area (Å²) in [7, 11) is -3.34. The summed E-state index contributed by atoms with van der Waals surface area (Å²) >= 11 is 0. The number of carboxylic acids is 2. The van der Waals surface area contributed by atoms with E-state index in [0.717, 1.165) is 6.26 Å². The molecule has 23 heavy (non-hydrogen) atoms. The molecule has 0 radical (unpaired) electrons. The molecule has 1 rings (SSSR count). The van der Waals surface area contributed by atoms with Gasteiger partial charge in [-0.3, -0.25) is 0 Å². The lowest BCUT2D eigenvalue weighted by molar-refractivity contribution is -0.140. The molecule has 0 saturated heterocycles. The average molecular weight is 341 g/mol. The lowest BCUT2D eigenvalue weighted by Gasteiger charge is -2.26. The molecule has 0 unspecified atom stereocenters. The minimum absolute atomic E-state index is 0.135. The molecule has 2 N–H and O–H groups in total. The Morgan fingerprint density at radius 2 is 1.52 bits per heavy atom. The summed E-state index contributed by atoms with van der Waals surface area (Å²) < 4.78 is 23.0. The monoisotopic (exact) mass is 341 g/mol. The predicted octanol–water partition coefficient (Wildman–Crippen LogP) is 1.75. The maximum absolute atomic E-state index is 11.5. The van der Waals surface area contributed by atoms with Crippen LogP contribution in [0.15, 0.2) is 40.4 Å². The Morgan fingerprint density at radius 1 is 1.04 bits per heavy atom. The van der Waals surface area contributed by atoms with E-state index in [0.29, 0.717) is 12.2 Å². The Kier molecular flexibility index (Phi) is 5.91. The fourth-order valence-corrected chi connectivity index (χ4v) is 2.87. The van der Waals surface area contributed by atoms with E-state index in [4.69, 9.17) is 10.2 Å². The number of sulfone groups is 1. The summed E-state index contributed by atoms with van der Waals surface area (Å²) in [5.74, 6) is -3.03. The van der Waals surface area contributed by atoms with E-state index < -0.39 is 27.3 Å². The van der Waals surface area contributed by atoms with Gasteiger partial charge in [0.25, 0.3) is 0 Å². The molecule has 0 aliphatic rings. The van der Waals surface area contributed by atoms with Gasteiger partial charge in [-0.2, -0.15) is 0 Å². The standard InChI is InChI=1S/C15H19NO6S/c1-4-12(13(14(17)18)15(19)20)16(5-2)10-6-8-11(9-7-10)23(3,21)22/h6-9H,4-5H2,1-3H3,(H,17,18)(H,19,20). The molecule has 1 aromatic carbocycles. The Hall–Kier alpha value is -2.35. The van der Waals surface area contributed by atoms with E-state index in [2.05, 4.69) is 0 Å². The maximum atomic E-state index is 11.5. The second-order valence-electron chi connectivity index (χ2n) is 4.80. The normalized spacial score (nSPS) is 10.9. The molecular weight excluding hydrogens is 322 g/mol. The molecule has 0 aliphatic carbocycles. The summed E-state index contributed by atoms with van der Waals surface area (Å²) in [5.41, 5.74) is -0.0158. The number of carboxylic acid groups (broad SMARTS) is 2. The number of allylic oxidation sites excluding steroid dienone is 1. The molecule has 0 spiro atoms.